The summed E-state index contributed by atoms with van der Waals surface area (Å²) in [6, 6.07) is 7.84. The summed E-state index contributed by atoms with van der Waals surface area (Å²) >= 11 is 1.66. The van der Waals surface area contributed by atoms with Crippen molar-refractivity contribution in [2.24, 2.45) is 0 Å². The van der Waals surface area contributed by atoms with Crippen molar-refractivity contribution in [1.82, 2.24) is 14.5 Å². The second-order valence-corrected chi connectivity index (χ2v) is 6.97. The van der Waals surface area contributed by atoms with Gasteiger partial charge in [0, 0.05) is 24.7 Å². The van der Waals surface area contributed by atoms with E-state index in [0.29, 0.717) is 6.54 Å². The van der Waals surface area contributed by atoms with Crippen molar-refractivity contribution in [1.29, 1.82) is 0 Å². The van der Waals surface area contributed by atoms with Gasteiger partial charge >= 0.3 is 0 Å². The molecule has 1 aromatic heterocycles. The summed E-state index contributed by atoms with van der Waals surface area (Å²) in [6.45, 7) is 0.335. The summed E-state index contributed by atoms with van der Waals surface area (Å²) in [5.41, 5.74) is 0.951. The zero-order valence-electron chi connectivity index (χ0n) is 10.7. The van der Waals surface area contributed by atoms with E-state index in [-0.39, 0.29) is 4.90 Å². The fourth-order valence-electron chi connectivity index (χ4n) is 1.63. The molecular weight excluding hydrogens is 282 g/mol. The first-order valence-electron chi connectivity index (χ1n) is 5.62. The maximum absolute atomic E-state index is 12.2. The minimum absolute atomic E-state index is 0.177. The third-order valence-electron chi connectivity index (χ3n) is 2.75. The molecule has 0 aliphatic carbocycles. The molecular formula is C12H15N3O2S2. The van der Waals surface area contributed by atoms with Crippen LogP contribution in [0.5, 0.6) is 0 Å². The first-order valence-corrected chi connectivity index (χ1v) is 8.28. The Hall–Kier alpha value is -1.31. The van der Waals surface area contributed by atoms with Gasteiger partial charge in [-0.15, -0.1) is 11.8 Å². The molecule has 0 saturated carbocycles. The van der Waals surface area contributed by atoms with Gasteiger partial charge in [0.05, 0.1) is 6.20 Å². The maximum atomic E-state index is 12.2. The molecule has 0 radical (unpaired) electrons. The third kappa shape index (κ3) is 3.17. The van der Waals surface area contributed by atoms with Gasteiger partial charge in [-0.3, -0.25) is 5.10 Å². The molecule has 1 aromatic carbocycles. The number of H-pyrrole nitrogens is 1. The van der Waals surface area contributed by atoms with Crippen LogP contribution in [0.1, 0.15) is 5.56 Å². The van der Waals surface area contributed by atoms with Crippen molar-refractivity contribution in [3.8, 4) is 0 Å². The zero-order chi connectivity index (χ0) is 13.9. The Morgan fingerprint density at radius 2 is 2.00 bits per heavy atom. The highest BCUT2D eigenvalue weighted by Crippen LogP contribution is 2.18. The van der Waals surface area contributed by atoms with Crippen molar-refractivity contribution in [2.45, 2.75) is 16.3 Å². The molecule has 1 N–H and O–H groups in total. The van der Waals surface area contributed by atoms with Gasteiger partial charge in [-0.25, -0.2) is 8.42 Å². The summed E-state index contributed by atoms with van der Waals surface area (Å²) in [5, 5.41) is 6.18. The number of aromatic nitrogens is 2. The lowest BCUT2D eigenvalue weighted by molar-refractivity contribution is 0.466. The lowest BCUT2D eigenvalue weighted by Gasteiger charge is -2.16. The van der Waals surface area contributed by atoms with Crippen LogP contribution < -0.4 is 0 Å². The number of aromatic amines is 1. The van der Waals surface area contributed by atoms with Gasteiger partial charge in [-0.2, -0.15) is 9.40 Å². The minimum Gasteiger partial charge on any atom is -0.284 e. The van der Waals surface area contributed by atoms with Gasteiger partial charge in [-0.1, -0.05) is 12.1 Å². The van der Waals surface area contributed by atoms with Crippen molar-refractivity contribution in [3.05, 3.63) is 42.2 Å². The van der Waals surface area contributed by atoms with Crippen LogP contribution in [0.4, 0.5) is 0 Å². The first-order chi connectivity index (χ1) is 9.04. The topological polar surface area (TPSA) is 66.1 Å². The number of thioether (sulfide) groups is 1. The van der Waals surface area contributed by atoms with Crippen LogP contribution >= 0.6 is 11.8 Å². The molecule has 1 heterocycles. The molecule has 0 aliphatic rings. The minimum atomic E-state index is -3.48. The molecule has 2 aromatic rings. The molecule has 7 heteroatoms. The number of nitrogens with zero attached hydrogens (tertiary/aromatic N) is 2. The van der Waals surface area contributed by atoms with E-state index in [2.05, 4.69) is 10.2 Å². The summed E-state index contributed by atoms with van der Waals surface area (Å²) in [7, 11) is -1.91. The van der Waals surface area contributed by atoms with E-state index < -0.39 is 10.0 Å². The molecule has 19 heavy (non-hydrogen) atoms. The summed E-state index contributed by atoms with van der Waals surface area (Å²) in [5.74, 6) is 0. The molecule has 0 aliphatic heterocycles. The number of hydrogen-bond donors (Lipinski definition) is 1. The smallest absolute Gasteiger partial charge is 0.246 e. The standard InChI is InChI=1S/C12H15N3O2S2/c1-15(19(16,17)12-7-13-14-8-12)9-10-3-5-11(18-2)6-4-10/h3-8H,9H2,1-2H3,(H,13,14). The quantitative estimate of drug-likeness (QED) is 0.857. The molecule has 0 saturated heterocycles. The molecule has 5 nitrogen and oxygen atoms in total. The van der Waals surface area contributed by atoms with E-state index in [1.165, 1.54) is 16.7 Å². The second-order valence-electron chi connectivity index (χ2n) is 4.04. The summed E-state index contributed by atoms with van der Waals surface area (Å²) in [4.78, 5) is 1.33. The van der Waals surface area contributed by atoms with Gasteiger partial charge in [0.25, 0.3) is 0 Å². The SMILES string of the molecule is CSc1ccc(CN(C)S(=O)(=O)c2cn[nH]c2)cc1. The first kappa shape index (κ1) is 14.1. The monoisotopic (exact) mass is 297 g/mol. The van der Waals surface area contributed by atoms with Crippen molar-refractivity contribution < 1.29 is 8.42 Å². The van der Waals surface area contributed by atoms with E-state index >= 15 is 0 Å². The Labute approximate surface area is 117 Å². The lowest BCUT2D eigenvalue weighted by atomic mass is 10.2. The number of benzene rings is 1. The highest BCUT2D eigenvalue weighted by atomic mass is 32.2. The Balaban J connectivity index is 2.14. The second kappa shape index (κ2) is 5.77. The van der Waals surface area contributed by atoms with Crippen LogP contribution in [0.3, 0.4) is 0 Å². The van der Waals surface area contributed by atoms with Crippen LogP contribution in [0.2, 0.25) is 0 Å². The molecule has 0 spiro atoms. The van der Waals surface area contributed by atoms with E-state index in [9.17, 15) is 8.42 Å². The number of hydrogen-bond acceptors (Lipinski definition) is 4. The van der Waals surface area contributed by atoms with Crippen molar-refractivity contribution in [3.63, 3.8) is 0 Å². The van der Waals surface area contributed by atoms with Crippen molar-refractivity contribution >= 4 is 21.8 Å². The van der Waals surface area contributed by atoms with E-state index in [4.69, 9.17) is 0 Å². The Kier molecular flexibility index (Phi) is 4.28. The fourth-order valence-corrected chi connectivity index (χ4v) is 3.11. The largest absolute Gasteiger partial charge is 0.284 e. The predicted octanol–water partition coefficient (Wildman–Crippen LogP) is 1.95. The van der Waals surface area contributed by atoms with Crippen LogP contribution in [-0.4, -0.2) is 36.2 Å². The van der Waals surface area contributed by atoms with E-state index in [0.717, 1.165) is 10.5 Å². The van der Waals surface area contributed by atoms with Gasteiger partial charge < -0.3 is 0 Å². The van der Waals surface area contributed by atoms with E-state index in [1.807, 2.05) is 30.5 Å². The molecule has 102 valence electrons. The third-order valence-corrected chi connectivity index (χ3v) is 5.26. The fraction of sp³-hybridized carbons (Fsp3) is 0.250. The van der Waals surface area contributed by atoms with Gasteiger partial charge in [0.15, 0.2) is 0 Å². The normalized spacial score (nSPS) is 11.9. The van der Waals surface area contributed by atoms with Crippen LogP contribution in [-0.2, 0) is 16.6 Å². The van der Waals surface area contributed by atoms with Gasteiger partial charge in [0.1, 0.15) is 4.90 Å². The van der Waals surface area contributed by atoms with Gasteiger partial charge in [0.2, 0.25) is 10.0 Å². The van der Waals surface area contributed by atoms with Crippen LogP contribution in [0.15, 0.2) is 46.5 Å². The average molecular weight is 297 g/mol. The highest BCUT2D eigenvalue weighted by Gasteiger charge is 2.21. The summed E-state index contributed by atoms with van der Waals surface area (Å²) in [6.07, 6.45) is 4.69. The molecule has 2 rings (SSSR count). The zero-order valence-corrected chi connectivity index (χ0v) is 12.3. The predicted molar refractivity (Wildman–Crippen MR) is 75.5 cm³/mol. The number of rotatable bonds is 5. The molecule has 0 atom stereocenters. The Bertz CT molecular complexity index is 622. The molecule has 0 fully saturated rings. The maximum Gasteiger partial charge on any atom is 0.246 e. The van der Waals surface area contributed by atoms with E-state index in [1.54, 1.807) is 18.8 Å². The number of sulfonamides is 1. The Morgan fingerprint density at radius 1 is 1.32 bits per heavy atom. The number of nitrogens with one attached hydrogen (secondary N) is 1. The van der Waals surface area contributed by atoms with Crippen LogP contribution in [0, 0.1) is 0 Å². The van der Waals surface area contributed by atoms with Crippen LogP contribution in [0.25, 0.3) is 0 Å². The van der Waals surface area contributed by atoms with Crippen molar-refractivity contribution in [2.75, 3.05) is 13.3 Å². The highest BCUT2D eigenvalue weighted by molar-refractivity contribution is 7.98. The molecule has 0 bridgehead atoms. The average Bonchev–Trinajstić information content (AvgIpc) is 2.94. The molecule has 0 amide bonds. The summed E-state index contributed by atoms with van der Waals surface area (Å²) < 4.78 is 25.7. The van der Waals surface area contributed by atoms with Gasteiger partial charge in [-0.05, 0) is 24.0 Å². The lowest BCUT2D eigenvalue weighted by Crippen LogP contribution is -2.26. The Morgan fingerprint density at radius 3 is 2.53 bits per heavy atom. The molecule has 0 unspecified atom stereocenters.